The van der Waals surface area contributed by atoms with Crippen LogP contribution in [0.25, 0.3) is 21.9 Å². The molecule has 0 bridgehead atoms. The van der Waals surface area contributed by atoms with Crippen molar-refractivity contribution in [2.75, 3.05) is 0 Å². The molecule has 0 aliphatic heterocycles. The third-order valence-corrected chi connectivity index (χ3v) is 4.87. The van der Waals surface area contributed by atoms with Crippen molar-refractivity contribution >= 4 is 33.5 Å². The van der Waals surface area contributed by atoms with E-state index in [4.69, 9.17) is 16.6 Å². The Balaban J connectivity index is 1.93. The molecule has 1 aromatic heterocycles. The van der Waals surface area contributed by atoms with Gasteiger partial charge >= 0.3 is 0 Å². The van der Waals surface area contributed by atoms with E-state index in [-0.39, 0.29) is 0 Å². The summed E-state index contributed by atoms with van der Waals surface area (Å²) >= 11 is 6.05. The molecule has 0 saturated heterocycles. The lowest BCUT2D eigenvalue weighted by Gasteiger charge is -2.21. The molecule has 4 rings (SSSR count). The molecule has 0 spiro atoms. The number of hydrogen-bond acceptors (Lipinski definition) is 1. The summed E-state index contributed by atoms with van der Waals surface area (Å²) in [6.45, 7) is 0. The minimum atomic E-state index is 0.787. The summed E-state index contributed by atoms with van der Waals surface area (Å²) in [7, 11) is 0. The van der Waals surface area contributed by atoms with Crippen molar-refractivity contribution in [1.82, 2.24) is 4.98 Å². The first-order valence-electron chi connectivity index (χ1n) is 8.15. The van der Waals surface area contributed by atoms with Gasteiger partial charge in [-0.2, -0.15) is 0 Å². The maximum absolute atomic E-state index is 6.05. The molecule has 1 aliphatic rings. The van der Waals surface area contributed by atoms with Crippen LogP contribution in [0.15, 0.2) is 60.8 Å². The normalized spacial score (nSPS) is 15.2. The minimum Gasteiger partial charge on any atom is -0.256 e. The third kappa shape index (κ3) is 2.77. The van der Waals surface area contributed by atoms with Crippen molar-refractivity contribution in [3.05, 3.63) is 77.1 Å². The second kappa shape index (κ2) is 6.17. The number of nitrogens with zero attached hydrogens (tertiary/aromatic N) is 1. The average Bonchev–Trinajstić information content (AvgIpc) is 2.62. The Morgan fingerprint density at radius 2 is 1.52 bits per heavy atom. The number of pyridine rings is 1. The van der Waals surface area contributed by atoms with E-state index in [2.05, 4.69) is 42.5 Å². The van der Waals surface area contributed by atoms with Gasteiger partial charge in [0.25, 0.3) is 0 Å². The van der Waals surface area contributed by atoms with Gasteiger partial charge in [0.1, 0.15) is 0 Å². The smallest absolute Gasteiger partial charge is 0.0742 e. The first kappa shape index (κ1) is 14.5. The number of aromatic nitrogens is 1. The Kier molecular flexibility index (Phi) is 3.88. The van der Waals surface area contributed by atoms with Crippen LogP contribution in [0.5, 0.6) is 0 Å². The SMILES string of the molecule is Clc1ccc(C2=C(c3nccc4ccccc34)CCCC2)cc1. The lowest BCUT2D eigenvalue weighted by Crippen LogP contribution is -2.01. The highest BCUT2D eigenvalue weighted by atomic mass is 35.5. The summed E-state index contributed by atoms with van der Waals surface area (Å²) < 4.78 is 0. The lowest BCUT2D eigenvalue weighted by molar-refractivity contribution is 0.751. The summed E-state index contributed by atoms with van der Waals surface area (Å²) in [4.78, 5) is 4.74. The molecule has 0 fully saturated rings. The van der Waals surface area contributed by atoms with Crippen molar-refractivity contribution in [3.8, 4) is 0 Å². The number of allylic oxidation sites excluding steroid dienone is 2. The number of halogens is 1. The summed E-state index contributed by atoms with van der Waals surface area (Å²) in [5.41, 5.74) is 5.25. The van der Waals surface area contributed by atoms with Crippen LogP contribution >= 0.6 is 11.6 Å². The zero-order valence-electron chi connectivity index (χ0n) is 12.9. The van der Waals surface area contributed by atoms with Crippen LogP contribution < -0.4 is 0 Å². The molecule has 0 saturated carbocycles. The van der Waals surface area contributed by atoms with Crippen LogP contribution in [-0.2, 0) is 0 Å². The van der Waals surface area contributed by atoms with Crippen LogP contribution in [0.3, 0.4) is 0 Å². The first-order valence-corrected chi connectivity index (χ1v) is 8.53. The number of rotatable bonds is 2. The summed E-state index contributed by atoms with van der Waals surface area (Å²) in [6, 6.07) is 18.8. The van der Waals surface area contributed by atoms with Crippen LogP contribution in [0, 0.1) is 0 Å². The zero-order chi connectivity index (χ0) is 15.6. The molecule has 23 heavy (non-hydrogen) atoms. The fraction of sp³-hybridized carbons (Fsp3) is 0.190. The highest BCUT2D eigenvalue weighted by Gasteiger charge is 2.18. The lowest BCUT2D eigenvalue weighted by atomic mass is 9.84. The minimum absolute atomic E-state index is 0.787. The monoisotopic (exact) mass is 319 g/mol. The molecule has 1 nitrogen and oxygen atoms in total. The van der Waals surface area contributed by atoms with Gasteiger partial charge in [0, 0.05) is 16.6 Å². The molecule has 1 heterocycles. The van der Waals surface area contributed by atoms with Crippen molar-refractivity contribution in [3.63, 3.8) is 0 Å². The van der Waals surface area contributed by atoms with E-state index in [9.17, 15) is 0 Å². The van der Waals surface area contributed by atoms with E-state index in [1.807, 2.05) is 18.3 Å². The Morgan fingerprint density at radius 1 is 0.783 bits per heavy atom. The van der Waals surface area contributed by atoms with Gasteiger partial charge < -0.3 is 0 Å². The molecule has 2 aromatic carbocycles. The first-order chi connectivity index (χ1) is 11.3. The van der Waals surface area contributed by atoms with Crippen molar-refractivity contribution in [1.29, 1.82) is 0 Å². The predicted molar refractivity (Wildman–Crippen MR) is 98.5 cm³/mol. The molecule has 0 amide bonds. The van der Waals surface area contributed by atoms with Gasteiger partial charge in [0.15, 0.2) is 0 Å². The maximum Gasteiger partial charge on any atom is 0.0742 e. The second-order valence-electron chi connectivity index (χ2n) is 6.05. The third-order valence-electron chi connectivity index (χ3n) is 4.62. The average molecular weight is 320 g/mol. The van der Waals surface area contributed by atoms with Gasteiger partial charge in [-0.1, -0.05) is 48.0 Å². The fourth-order valence-electron chi connectivity index (χ4n) is 3.50. The van der Waals surface area contributed by atoms with Gasteiger partial charge in [-0.25, -0.2) is 0 Å². The van der Waals surface area contributed by atoms with Crippen LogP contribution in [0.4, 0.5) is 0 Å². The van der Waals surface area contributed by atoms with E-state index in [0.29, 0.717) is 0 Å². The molecule has 0 N–H and O–H groups in total. The van der Waals surface area contributed by atoms with Gasteiger partial charge in [0.05, 0.1) is 5.69 Å². The van der Waals surface area contributed by atoms with Crippen molar-refractivity contribution < 1.29 is 0 Å². The van der Waals surface area contributed by atoms with Crippen molar-refractivity contribution in [2.24, 2.45) is 0 Å². The predicted octanol–water partition coefficient (Wildman–Crippen LogP) is 6.37. The van der Waals surface area contributed by atoms with E-state index in [0.717, 1.165) is 23.6 Å². The Labute approximate surface area is 141 Å². The molecule has 0 unspecified atom stereocenters. The molecule has 3 aromatic rings. The maximum atomic E-state index is 6.05. The van der Waals surface area contributed by atoms with Gasteiger partial charge in [-0.3, -0.25) is 4.98 Å². The Morgan fingerprint density at radius 3 is 2.35 bits per heavy atom. The molecular weight excluding hydrogens is 302 g/mol. The summed E-state index contributed by atoms with van der Waals surface area (Å²) in [5, 5.41) is 3.29. The van der Waals surface area contributed by atoms with E-state index in [1.54, 1.807) is 0 Å². The van der Waals surface area contributed by atoms with Gasteiger partial charge in [0.2, 0.25) is 0 Å². The highest BCUT2D eigenvalue weighted by Crippen LogP contribution is 2.39. The summed E-state index contributed by atoms with van der Waals surface area (Å²) in [5.74, 6) is 0. The van der Waals surface area contributed by atoms with Gasteiger partial charge in [-0.15, -0.1) is 0 Å². The topological polar surface area (TPSA) is 12.9 Å². The molecule has 1 aliphatic carbocycles. The Hall–Kier alpha value is -2.12. The molecule has 0 radical (unpaired) electrons. The number of benzene rings is 2. The second-order valence-corrected chi connectivity index (χ2v) is 6.49. The number of fused-ring (bicyclic) bond motifs is 1. The molecule has 0 atom stereocenters. The van der Waals surface area contributed by atoms with E-state index < -0.39 is 0 Å². The standard InChI is InChI=1S/C21H18ClN/c22-17-11-9-16(10-12-17)18-6-3-4-8-20(18)21-19-7-2-1-5-15(19)13-14-23-21/h1-2,5,7,9-14H,3-4,6,8H2. The molecule has 2 heteroatoms. The van der Waals surface area contributed by atoms with Crippen LogP contribution in [0.1, 0.15) is 36.9 Å². The van der Waals surface area contributed by atoms with Crippen LogP contribution in [0.2, 0.25) is 5.02 Å². The number of hydrogen-bond donors (Lipinski definition) is 0. The zero-order valence-corrected chi connectivity index (χ0v) is 13.7. The molecular formula is C21H18ClN. The van der Waals surface area contributed by atoms with Gasteiger partial charge in [-0.05, 0) is 66.0 Å². The largest absolute Gasteiger partial charge is 0.256 e. The van der Waals surface area contributed by atoms with E-state index >= 15 is 0 Å². The van der Waals surface area contributed by atoms with Crippen LogP contribution in [-0.4, -0.2) is 4.98 Å². The highest BCUT2D eigenvalue weighted by molar-refractivity contribution is 6.30. The quantitative estimate of drug-likeness (QED) is 0.534. The Bertz CT molecular complexity index is 872. The summed E-state index contributed by atoms with van der Waals surface area (Å²) in [6.07, 6.45) is 6.61. The molecule has 114 valence electrons. The van der Waals surface area contributed by atoms with Crippen molar-refractivity contribution in [2.45, 2.75) is 25.7 Å². The van der Waals surface area contributed by atoms with E-state index in [1.165, 1.54) is 40.3 Å². The fourth-order valence-corrected chi connectivity index (χ4v) is 3.62.